The van der Waals surface area contributed by atoms with Gasteiger partial charge in [-0.2, -0.15) is 0 Å². The van der Waals surface area contributed by atoms with Gasteiger partial charge < -0.3 is 10.0 Å². The van der Waals surface area contributed by atoms with Gasteiger partial charge in [-0.25, -0.2) is 0 Å². The van der Waals surface area contributed by atoms with E-state index in [0.29, 0.717) is 12.0 Å². The van der Waals surface area contributed by atoms with Crippen LogP contribution in [0.4, 0.5) is 0 Å². The molecular formula is C17H31N3O2. The summed E-state index contributed by atoms with van der Waals surface area (Å²) in [5.74, 6) is 0.999. The van der Waals surface area contributed by atoms with E-state index >= 15 is 0 Å². The van der Waals surface area contributed by atoms with Gasteiger partial charge in [0.05, 0.1) is 11.6 Å². The molecule has 0 aromatic carbocycles. The lowest BCUT2D eigenvalue weighted by Crippen LogP contribution is -2.78. The topological polar surface area (TPSA) is 47.0 Å². The molecule has 0 bridgehead atoms. The molecule has 22 heavy (non-hydrogen) atoms. The number of aliphatic hydroxyl groups excluding tert-OH is 1. The molecule has 0 radical (unpaired) electrons. The maximum absolute atomic E-state index is 12.5. The monoisotopic (exact) mass is 309 g/mol. The third kappa shape index (κ3) is 2.79. The number of aliphatic hydroxyl groups is 1. The van der Waals surface area contributed by atoms with E-state index in [4.69, 9.17) is 0 Å². The van der Waals surface area contributed by atoms with E-state index < -0.39 is 0 Å². The van der Waals surface area contributed by atoms with E-state index in [0.717, 1.165) is 45.7 Å². The standard InChI is InChI=1S/C17H31N3O2/c1-12(2)6-18-9-17(10-18)11-19(16(22)13(3)4)7-14-5-15(21)8-20(14)17/h12-15,21H,5-11H2,1-4H3/t14-,15-/m1/s1. The Balaban J connectivity index is 1.74. The van der Waals surface area contributed by atoms with E-state index in [1.807, 2.05) is 13.8 Å². The van der Waals surface area contributed by atoms with E-state index in [-0.39, 0.29) is 23.5 Å². The van der Waals surface area contributed by atoms with Crippen LogP contribution in [0.3, 0.4) is 0 Å². The average Bonchev–Trinajstić information content (AvgIpc) is 2.75. The van der Waals surface area contributed by atoms with Crippen LogP contribution in [0.5, 0.6) is 0 Å². The van der Waals surface area contributed by atoms with E-state index in [9.17, 15) is 9.90 Å². The number of β-amino-alcohol motifs (C(OH)–C–C–N with tert-alkyl or cyclic N) is 1. The first-order chi connectivity index (χ1) is 10.3. The highest BCUT2D eigenvalue weighted by Gasteiger charge is 2.56. The molecule has 126 valence electrons. The van der Waals surface area contributed by atoms with Crippen molar-refractivity contribution in [1.82, 2.24) is 14.7 Å². The molecule has 3 aliphatic rings. The first kappa shape index (κ1) is 16.2. The van der Waals surface area contributed by atoms with E-state index in [1.165, 1.54) is 0 Å². The third-order valence-electron chi connectivity index (χ3n) is 5.38. The summed E-state index contributed by atoms with van der Waals surface area (Å²) in [6, 6.07) is 0.340. The molecule has 3 fully saturated rings. The number of carbonyl (C=O) groups is 1. The normalized spacial score (nSPS) is 31.9. The number of likely N-dealkylation sites (tertiary alicyclic amines) is 1. The molecule has 1 amide bonds. The Labute approximate surface area is 134 Å². The zero-order valence-electron chi connectivity index (χ0n) is 14.5. The van der Waals surface area contributed by atoms with Gasteiger partial charge in [0.2, 0.25) is 5.91 Å². The molecule has 2 atom stereocenters. The summed E-state index contributed by atoms with van der Waals surface area (Å²) in [7, 11) is 0. The van der Waals surface area contributed by atoms with Gasteiger partial charge in [-0.3, -0.25) is 14.6 Å². The Morgan fingerprint density at radius 1 is 1.18 bits per heavy atom. The molecular weight excluding hydrogens is 278 g/mol. The predicted molar refractivity (Wildman–Crippen MR) is 86.5 cm³/mol. The van der Waals surface area contributed by atoms with Crippen LogP contribution in [0.2, 0.25) is 0 Å². The lowest BCUT2D eigenvalue weighted by Gasteiger charge is -2.61. The van der Waals surface area contributed by atoms with Gasteiger partial charge in [-0.05, 0) is 12.3 Å². The number of amides is 1. The zero-order chi connectivity index (χ0) is 16.1. The summed E-state index contributed by atoms with van der Waals surface area (Å²) in [5, 5.41) is 10.1. The van der Waals surface area contributed by atoms with Crippen molar-refractivity contribution in [3.05, 3.63) is 0 Å². The van der Waals surface area contributed by atoms with Gasteiger partial charge in [-0.15, -0.1) is 0 Å². The second kappa shape index (κ2) is 5.77. The highest BCUT2D eigenvalue weighted by atomic mass is 16.3. The summed E-state index contributed by atoms with van der Waals surface area (Å²) in [5.41, 5.74) is 0.0832. The molecule has 3 aliphatic heterocycles. The van der Waals surface area contributed by atoms with Gasteiger partial charge in [-0.1, -0.05) is 27.7 Å². The predicted octanol–water partition coefficient (Wildman–Crippen LogP) is 0.630. The Hall–Kier alpha value is -0.650. The summed E-state index contributed by atoms with van der Waals surface area (Å²) < 4.78 is 0. The summed E-state index contributed by atoms with van der Waals surface area (Å²) in [6.45, 7) is 14.1. The van der Waals surface area contributed by atoms with Gasteiger partial charge in [0.25, 0.3) is 0 Å². The molecule has 0 aromatic heterocycles. The van der Waals surface area contributed by atoms with Gasteiger partial charge in [0, 0.05) is 51.2 Å². The molecule has 5 nitrogen and oxygen atoms in total. The number of hydrogen-bond donors (Lipinski definition) is 1. The van der Waals surface area contributed by atoms with Crippen molar-refractivity contribution in [2.45, 2.75) is 51.8 Å². The quantitative estimate of drug-likeness (QED) is 0.831. The number of carbonyl (C=O) groups excluding carboxylic acids is 1. The minimum Gasteiger partial charge on any atom is -0.392 e. The summed E-state index contributed by atoms with van der Waals surface area (Å²) in [4.78, 5) is 19.6. The number of fused-ring (bicyclic) bond motifs is 2. The van der Waals surface area contributed by atoms with Crippen molar-refractivity contribution in [2.75, 3.05) is 39.3 Å². The smallest absolute Gasteiger partial charge is 0.225 e. The largest absolute Gasteiger partial charge is 0.392 e. The second-order valence-corrected chi connectivity index (χ2v) is 8.36. The van der Waals surface area contributed by atoms with Crippen molar-refractivity contribution in [1.29, 1.82) is 0 Å². The molecule has 0 aliphatic carbocycles. The third-order valence-corrected chi connectivity index (χ3v) is 5.38. The number of hydrogen-bond acceptors (Lipinski definition) is 4. The second-order valence-electron chi connectivity index (χ2n) is 8.36. The van der Waals surface area contributed by atoms with Crippen LogP contribution in [0, 0.1) is 11.8 Å². The van der Waals surface area contributed by atoms with Crippen LogP contribution in [0.15, 0.2) is 0 Å². The fourth-order valence-corrected chi connectivity index (χ4v) is 4.66. The van der Waals surface area contributed by atoms with E-state index in [1.54, 1.807) is 0 Å². The van der Waals surface area contributed by atoms with Crippen molar-refractivity contribution in [3.8, 4) is 0 Å². The number of nitrogens with zero attached hydrogens (tertiary/aromatic N) is 3. The average molecular weight is 309 g/mol. The van der Waals surface area contributed by atoms with Gasteiger partial charge in [0.1, 0.15) is 0 Å². The highest BCUT2D eigenvalue weighted by Crippen LogP contribution is 2.39. The van der Waals surface area contributed by atoms with Crippen molar-refractivity contribution < 1.29 is 9.90 Å². The lowest BCUT2D eigenvalue weighted by atomic mass is 9.83. The molecule has 3 heterocycles. The summed E-state index contributed by atoms with van der Waals surface area (Å²) >= 11 is 0. The van der Waals surface area contributed by atoms with Crippen LogP contribution in [0.25, 0.3) is 0 Å². The highest BCUT2D eigenvalue weighted by molar-refractivity contribution is 5.78. The van der Waals surface area contributed by atoms with Crippen LogP contribution in [0.1, 0.15) is 34.1 Å². The Kier molecular flexibility index (Phi) is 4.25. The lowest BCUT2D eigenvalue weighted by molar-refractivity contribution is -0.153. The molecule has 0 saturated carbocycles. The minimum atomic E-state index is -0.227. The molecule has 3 saturated heterocycles. The van der Waals surface area contributed by atoms with Crippen LogP contribution in [-0.2, 0) is 4.79 Å². The number of piperazine rings is 1. The van der Waals surface area contributed by atoms with Crippen molar-refractivity contribution >= 4 is 5.91 Å². The van der Waals surface area contributed by atoms with Crippen LogP contribution >= 0.6 is 0 Å². The maximum Gasteiger partial charge on any atom is 0.225 e. The molecule has 1 N–H and O–H groups in total. The molecule has 5 heteroatoms. The number of rotatable bonds is 3. The zero-order valence-corrected chi connectivity index (χ0v) is 14.5. The first-order valence-electron chi connectivity index (χ1n) is 8.77. The SMILES string of the molecule is CC(C)CN1CC2(C1)CN(C(=O)C(C)C)C[C@H]1C[C@@H](O)CN12. The van der Waals surface area contributed by atoms with E-state index in [2.05, 4.69) is 28.5 Å². The molecule has 0 aromatic rings. The van der Waals surface area contributed by atoms with Crippen molar-refractivity contribution in [2.24, 2.45) is 11.8 Å². The fraction of sp³-hybridized carbons (Fsp3) is 0.941. The Morgan fingerprint density at radius 2 is 1.86 bits per heavy atom. The van der Waals surface area contributed by atoms with Crippen LogP contribution in [-0.4, -0.2) is 82.7 Å². The maximum atomic E-state index is 12.5. The Bertz CT molecular complexity index is 432. The van der Waals surface area contributed by atoms with Gasteiger partial charge >= 0.3 is 0 Å². The molecule has 3 rings (SSSR count). The summed E-state index contributed by atoms with van der Waals surface area (Å²) in [6.07, 6.45) is 0.587. The first-order valence-corrected chi connectivity index (χ1v) is 8.77. The Morgan fingerprint density at radius 3 is 2.45 bits per heavy atom. The molecule has 1 spiro atoms. The van der Waals surface area contributed by atoms with Crippen molar-refractivity contribution in [3.63, 3.8) is 0 Å². The van der Waals surface area contributed by atoms with Crippen LogP contribution < -0.4 is 0 Å². The minimum absolute atomic E-state index is 0.0572. The fourth-order valence-electron chi connectivity index (χ4n) is 4.66. The van der Waals surface area contributed by atoms with Gasteiger partial charge in [0.15, 0.2) is 0 Å². The molecule has 0 unspecified atom stereocenters.